The highest BCUT2D eigenvalue weighted by molar-refractivity contribution is 5.88. The molecule has 4 aromatic rings. The zero-order valence-corrected chi connectivity index (χ0v) is 20.4. The number of nitrogens with zero attached hydrogens (tertiary/aromatic N) is 4. The van der Waals surface area contributed by atoms with E-state index in [1.165, 1.54) is 22.1 Å². The van der Waals surface area contributed by atoms with Crippen molar-refractivity contribution in [3.8, 4) is 11.8 Å². The molecule has 2 aromatic carbocycles. The highest BCUT2D eigenvalue weighted by Crippen LogP contribution is 2.32. The quantitative estimate of drug-likeness (QED) is 0.418. The van der Waals surface area contributed by atoms with E-state index >= 15 is 0 Å². The summed E-state index contributed by atoms with van der Waals surface area (Å²) in [6.45, 7) is 9.97. The van der Waals surface area contributed by atoms with Gasteiger partial charge in [0.15, 0.2) is 5.75 Å². The molecule has 2 aromatic heterocycles. The average Bonchev–Trinajstić information content (AvgIpc) is 3.42. The van der Waals surface area contributed by atoms with Crippen LogP contribution < -0.4 is 4.74 Å². The maximum absolute atomic E-state index is 11.4. The van der Waals surface area contributed by atoms with E-state index < -0.39 is 11.4 Å². The van der Waals surface area contributed by atoms with Gasteiger partial charge in [-0.05, 0) is 62.6 Å². The maximum atomic E-state index is 11.4. The Morgan fingerprint density at radius 2 is 2.06 bits per heavy atom. The second kappa shape index (κ2) is 8.43. The van der Waals surface area contributed by atoms with Crippen LogP contribution in [0.3, 0.4) is 0 Å². The van der Waals surface area contributed by atoms with E-state index in [1.807, 2.05) is 23.1 Å². The number of carboxylic acids is 1. The number of hydrogen-bond acceptors (Lipinski definition) is 5. The highest BCUT2D eigenvalue weighted by Gasteiger charge is 2.37. The molecule has 0 aliphatic carbocycles. The number of likely N-dealkylation sites (tertiary alicyclic amines) is 1. The predicted octanol–water partition coefficient (Wildman–Crippen LogP) is 4.23. The van der Waals surface area contributed by atoms with Crippen LogP contribution in [-0.2, 0) is 11.3 Å². The second-order valence-electron chi connectivity index (χ2n) is 10.2. The Bertz CT molecular complexity index is 1480. The Balaban J connectivity index is 1.40. The normalized spacial score (nSPS) is 14.8. The summed E-state index contributed by atoms with van der Waals surface area (Å²) in [4.78, 5) is 16.8. The van der Waals surface area contributed by atoms with Crippen LogP contribution in [0.25, 0.3) is 21.8 Å². The largest absolute Gasteiger partial charge is 0.484 e. The molecule has 1 aliphatic heterocycles. The van der Waals surface area contributed by atoms with Crippen molar-refractivity contribution in [1.82, 2.24) is 19.7 Å². The Kier molecular flexibility index (Phi) is 5.53. The van der Waals surface area contributed by atoms with E-state index in [1.54, 1.807) is 19.9 Å². The van der Waals surface area contributed by atoms with Crippen molar-refractivity contribution >= 4 is 27.8 Å². The summed E-state index contributed by atoms with van der Waals surface area (Å²) in [5.41, 5.74) is 5.07. The second-order valence-corrected chi connectivity index (χ2v) is 10.2. The van der Waals surface area contributed by atoms with Gasteiger partial charge < -0.3 is 14.8 Å². The molecule has 0 radical (unpaired) electrons. The van der Waals surface area contributed by atoms with Gasteiger partial charge in [-0.25, -0.2) is 0 Å². The van der Waals surface area contributed by atoms with Crippen molar-refractivity contribution in [2.75, 3.05) is 19.6 Å². The van der Waals surface area contributed by atoms with Gasteiger partial charge in [0.1, 0.15) is 17.7 Å². The third-order valence-corrected chi connectivity index (χ3v) is 6.90. The average molecular weight is 472 g/mol. The molecular weight excluding hydrogens is 442 g/mol. The minimum absolute atomic E-state index is 0.110. The van der Waals surface area contributed by atoms with E-state index in [0.29, 0.717) is 43.0 Å². The molecule has 0 unspecified atom stereocenters. The molecule has 1 aliphatic rings. The molecule has 35 heavy (non-hydrogen) atoms. The Hall–Kier alpha value is -3.83. The summed E-state index contributed by atoms with van der Waals surface area (Å²) in [6, 6.07) is 10.2. The highest BCUT2D eigenvalue weighted by atomic mass is 16.5. The van der Waals surface area contributed by atoms with Gasteiger partial charge in [0.2, 0.25) is 0 Å². The fraction of sp³-hybridized carbons (Fsp3) is 0.370. The van der Waals surface area contributed by atoms with Crippen LogP contribution in [0.1, 0.15) is 36.1 Å². The first-order chi connectivity index (χ1) is 16.7. The number of carboxylic acid groups (broad SMARTS) is 1. The first-order valence-electron chi connectivity index (χ1n) is 11.7. The minimum atomic E-state index is -0.819. The molecule has 8 nitrogen and oxygen atoms in total. The zero-order chi connectivity index (χ0) is 24.9. The van der Waals surface area contributed by atoms with Crippen molar-refractivity contribution in [2.45, 2.75) is 40.3 Å². The number of aromatic nitrogens is 3. The molecule has 0 saturated carbocycles. The molecule has 180 valence electrons. The van der Waals surface area contributed by atoms with Crippen molar-refractivity contribution < 1.29 is 14.6 Å². The Morgan fingerprint density at radius 3 is 2.77 bits per heavy atom. The SMILES string of the molecule is Cc1cc(C)c2[nH]ccc2c1Cn1cc2ccc(C#N)c(OC3CN(CC(C)(C)C(=O)O)C3)c2n1. The predicted molar refractivity (Wildman–Crippen MR) is 134 cm³/mol. The van der Waals surface area contributed by atoms with Gasteiger partial charge in [0.25, 0.3) is 0 Å². The van der Waals surface area contributed by atoms with Crippen LogP contribution in [0.5, 0.6) is 5.75 Å². The first kappa shape index (κ1) is 22.9. The summed E-state index contributed by atoms with van der Waals surface area (Å²) in [7, 11) is 0. The van der Waals surface area contributed by atoms with Crippen LogP contribution in [0.4, 0.5) is 0 Å². The van der Waals surface area contributed by atoms with Crippen LogP contribution in [0.2, 0.25) is 0 Å². The molecule has 0 spiro atoms. The standard InChI is InChI=1S/C27H29N5O3/c1-16-9-17(2)23-21(7-8-29-23)22(16)14-32-11-19-6-5-18(10-28)25(24(19)30-32)35-20-12-31(13-20)15-27(3,4)26(33)34/h5-9,11,20,29H,12-15H2,1-4H3,(H,33,34). The smallest absolute Gasteiger partial charge is 0.310 e. The van der Waals surface area contributed by atoms with E-state index in [0.717, 1.165) is 10.9 Å². The van der Waals surface area contributed by atoms with Crippen LogP contribution >= 0.6 is 0 Å². The minimum Gasteiger partial charge on any atom is -0.484 e. The molecular formula is C27H29N5O3. The maximum Gasteiger partial charge on any atom is 0.310 e. The number of ether oxygens (including phenoxy) is 1. The van der Waals surface area contributed by atoms with Gasteiger partial charge in [-0.15, -0.1) is 0 Å². The van der Waals surface area contributed by atoms with Gasteiger partial charge in [-0.3, -0.25) is 14.4 Å². The van der Waals surface area contributed by atoms with Gasteiger partial charge in [-0.1, -0.05) is 6.07 Å². The van der Waals surface area contributed by atoms with Gasteiger partial charge in [-0.2, -0.15) is 10.4 Å². The van der Waals surface area contributed by atoms with Gasteiger partial charge >= 0.3 is 5.97 Å². The third kappa shape index (κ3) is 4.13. The number of rotatable bonds is 7. The first-order valence-corrected chi connectivity index (χ1v) is 11.7. The number of aryl methyl sites for hydroxylation is 2. The molecule has 0 bridgehead atoms. The number of aliphatic carboxylic acids is 1. The molecule has 3 heterocycles. The molecule has 0 atom stereocenters. The van der Waals surface area contributed by atoms with E-state index in [4.69, 9.17) is 9.84 Å². The topological polar surface area (TPSA) is 107 Å². The molecule has 0 amide bonds. The number of H-pyrrole nitrogens is 1. The number of nitrogens with one attached hydrogen (secondary N) is 1. The van der Waals surface area contributed by atoms with Crippen LogP contribution in [-0.4, -0.2) is 56.5 Å². The fourth-order valence-corrected chi connectivity index (χ4v) is 4.93. The van der Waals surface area contributed by atoms with Crippen molar-refractivity contribution in [3.63, 3.8) is 0 Å². The third-order valence-electron chi connectivity index (χ3n) is 6.90. The van der Waals surface area contributed by atoms with Crippen LogP contribution in [0.15, 0.2) is 36.7 Å². The summed E-state index contributed by atoms with van der Waals surface area (Å²) < 4.78 is 8.17. The molecule has 2 N–H and O–H groups in total. The number of benzene rings is 2. The monoisotopic (exact) mass is 471 g/mol. The van der Waals surface area contributed by atoms with Crippen molar-refractivity contribution in [1.29, 1.82) is 5.26 Å². The van der Waals surface area contributed by atoms with E-state index in [9.17, 15) is 15.2 Å². The molecule has 1 fully saturated rings. The van der Waals surface area contributed by atoms with Gasteiger partial charge in [0.05, 0.1) is 17.5 Å². The van der Waals surface area contributed by atoms with Crippen molar-refractivity contribution in [3.05, 3.63) is 58.9 Å². The Labute approximate surface area is 203 Å². The lowest BCUT2D eigenvalue weighted by atomic mass is 9.91. The summed E-state index contributed by atoms with van der Waals surface area (Å²) in [6.07, 6.45) is 3.84. The van der Waals surface area contributed by atoms with Gasteiger partial charge in [0, 0.05) is 48.3 Å². The summed E-state index contributed by atoms with van der Waals surface area (Å²) in [5.74, 6) is -0.317. The van der Waals surface area contributed by atoms with E-state index in [2.05, 4.69) is 41.9 Å². The lowest BCUT2D eigenvalue weighted by Crippen LogP contribution is -2.57. The number of nitriles is 1. The van der Waals surface area contributed by atoms with Crippen molar-refractivity contribution in [2.24, 2.45) is 5.41 Å². The fourth-order valence-electron chi connectivity index (χ4n) is 4.93. The number of carbonyl (C=O) groups is 1. The van der Waals surface area contributed by atoms with E-state index in [-0.39, 0.29) is 6.10 Å². The zero-order valence-electron chi connectivity index (χ0n) is 20.4. The summed E-state index contributed by atoms with van der Waals surface area (Å²) in [5, 5.41) is 26.0. The Morgan fingerprint density at radius 1 is 1.29 bits per heavy atom. The molecule has 5 rings (SSSR count). The number of fused-ring (bicyclic) bond motifs is 2. The lowest BCUT2D eigenvalue weighted by molar-refractivity contribution is -0.149. The number of hydrogen-bond donors (Lipinski definition) is 2. The van der Waals surface area contributed by atoms with Crippen LogP contribution in [0, 0.1) is 30.6 Å². The lowest BCUT2D eigenvalue weighted by Gasteiger charge is -2.41. The molecule has 8 heteroatoms. The molecule has 1 saturated heterocycles. The summed E-state index contributed by atoms with van der Waals surface area (Å²) >= 11 is 0. The number of aromatic amines is 1.